The summed E-state index contributed by atoms with van der Waals surface area (Å²) in [6.45, 7) is 6.09. The Morgan fingerprint density at radius 2 is 1.83 bits per heavy atom. The molecule has 1 saturated heterocycles. The average molecular weight is 256 g/mol. The van der Waals surface area contributed by atoms with E-state index in [4.69, 9.17) is 9.47 Å². The SMILES string of the molecule is CCOC(=O)N1C2CCC(C)(C2)N1C(=O)OCC. The van der Waals surface area contributed by atoms with Crippen molar-refractivity contribution in [2.24, 2.45) is 0 Å². The Morgan fingerprint density at radius 3 is 2.44 bits per heavy atom. The molecule has 2 rings (SSSR count). The molecule has 2 aliphatic rings. The molecule has 0 radical (unpaired) electrons. The van der Waals surface area contributed by atoms with Gasteiger partial charge in [0.15, 0.2) is 0 Å². The highest BCUT2D eigenvalue weighted by molar-refractivity contribution is 5.76. The summed E-state index contributed by atoms with van der Waals surface area (Å²) in [6.07, 6.45) is 1.68. The first-order valence-electron chi connectivity index (χ1n) is 6.46. The Balaban J connectivity index is 2.21. The summed E-state index contributed by atoms with van der Waals surface area (Å²) >= 11 is 0. The van der Waals surface area contributed by atoms with E-state index in [2.05, 4.69) is 0 Å². The number of rotatable bonds is 2. The molecule has 2 atom stereocenters. The van der Waals surface area contributed by atoms with Crippen LogP contribution in [0.4, 0.5) is 9.59 Å². The number of amides is 2. The Morgan fingerprint density at radius 1 is 1.22 bits per heavy atom. The van der Waals surface area contributed by atoms with Gasteiger partial charge in [-0.05, 0) is 40.0 Å². The average Bonchev–Trinajstić information content (AvgIpc) is 2.82. The Bertz CT molecular complexity index is 360. The lowest BCUT2D eigenvalue weighted by molar-refractivity contribution is -0.0623. The Labute approximate surface area is 107 Å². The van der Waals surface area contributed by atoms with Crippen molar-refractivity contribution in [2.75, 3.05) is 13.2 Å². The number of ether oxygens (including phenoxy) is 2. The van der Waals surface area contributed by atoms with Gasteiger partial charge >= 0.3 is 12.2 Å². The van der Waals surface area contributed by atoms with Gasteiger partial charge in [-0.25, -0.2) is 19.6 Å². The number of hydrazine groups is 1. The van der Waals surface area contributed by atoms with E-state index in [-0.39, 0.29) is 11.6 Å². The number of carbonyl (C=O) groups excluding carboxylic acids is 2. The van der Waals surface area contributed by atoms with E-state index in [0.717, 1.165) is 19.3 Å². The van der Waals surface area contributed by atoms with Gasteiger partial charge in [-0.2, -0.15) is 0 Å². The molecule has 0 spiro atoms. The minimum Gasteiger partial charge on any atom is -0.448 e. The maximum Gasteiger partial charge on any atom is 0.429 e. The van der Waals surface area contributed by atoms with Crippen LogP contribution in [0, 0.1) is 0 Å². The number of hydrogen-bond donors (Lipinski definition) is 0. The molecule has 102 valence electrons. The molecule has 2 unspecified atom stereocenters. The number of carbonyl (C=O) groups is 2. The first-order chi connectivity index (χ1) is 8.53. The predicted molar refractivity (Wildman–Crippen MR) is 63.8 cm³/mol. The molecule has 6 heteroatoms. The van der Waals surface area contributed by atoms with E-state index < -0.39 is 12.2 Å². The summed E-state index contributed by atoms with van der Waals surface area (Å²) in [5, 5.41) is 2.88. The van der Waals surface area contributed by atoms with Gasteiger partial charge < -0.3 is 9.47 Å². The van der Waals surface area contributed by atoms with Crippen LogP contribution in [0.25, 0.3) is 0 Å². The van der Waals surface area contributed by atoms with Crippen LogP contribution in [0.2, 0.25) is 0 Å². The van der Waals surface area contributed by atoms with Crippen LogP contribution in [0.15, 0.2) is 0 Å². The first kappa shape index (κ1) is 13.0. The zero-order valence-electron chi connectivity index (χ0n) is 11.1. The molecule has 0 aromatic rings. The van der Waals surface area contributed by atoms with Crippen molar-refractivity contribution in [1.82, 2.24) is 10.0 Å². The Hall–Kier alpha value is -1.46. The lowest BCUT2D eigenvalue weighted by atomic mass is 10.0. The zero-order valence-corrected chi connectivity index (χ0v) is 11.1. The minimum absolute atomic E-state index is 0.0541. The molecule has 0 aromatic heterocycles. The second-order valence-electron chi connectivity index (χ2n) is 4.95. The molecular weight excluding hydrogens is 236 g/mol. The number of hydrogen-bond acceptors (Lipinski definition) is 4. The van der Waals surface area contributed by atoms with Crippen molar-refractivity contribution in [3.05, 3.63) is 0 Å². The van der Waals surface area contributed by atoms with E-state index in [0.29, 0.717) is 13.2 Å². The van der Waals surface area contributed by atoms with Crippen molar-refractivity contribution in [3.8, 4) is 0 Å². The standard InChI is InChI=1S/C12H20N2O4/c1-4-17-10(15)13-9-6-7-12(3,8-9)14(13)11(16)18-5-2/h9H,4-8H2,1-3H3. The maximum absolute atomic E-state index is 12.0. The summed E-state index contributed by atoms with van der Waals surface area (Å²) < 4.78 is 10.1. The van der Waals surface area contributed by atoms with Gasteiger partial charge in [0.1, 0.15) is 0 Å². The van der Waals surface area contributed by atoms with Gasteiger partial charge in [0.05, 0.1) is 24.8 Å². The van der Waals surface area contributed by atoms with Crippen molar-refractivity contribution in [2.45, 2.75) is 51.6 Å². The largest absolute Gasteiger partial charge is 0.448 e. The fourth-order valence-corrected chi connectivity index (χ4v) is 2.93. The van der Waals surface area contributed by atoms with E-state index in [9.17, 15) is 9.59 Å². The molecule has 1 heterocycles. The number of fused-ring (bicyclic) bond motifs is 2. The maximum atomic E-state index is 12.0. The van der Waals surface area contributed by atoms with Crippen molar-refractivity contribution >= 4 is 12.2 Å². The molecule has 1 saturated carbocycles. The molecule has 0 aromatic carbocycles. The molecule has 1 aliphatic carbocycles. The van der Waals surface area contributed by atoms with Gasteiger partial charge in [-0.1, -0.05) is 0 Å². The molecule has 2 bridgehead atoms. The topological polar surface area (TPSA) is 59.1 Å². The van der Waals surface area contributed by atoms with Gasteiger partial charge in [0, 0.05) is 0 Å². The van der Waals surface area contributed by atoms with E-state index >= 15 is 0 Å². The molecule has 6 nitrogen and oxygen atoms in total. The molecule has 1 aliphatic heterocycles. The van der Waals surface area contributed by atoms with E-state index in [1.54, 1.807) is 13.8 Å². The lowest BCUT2D eigenvalue weighted by Crippen LogP contribution is -2.57. The highest BCUT2D eigenvalue weighted by Gasteiger charge is 2.57. The first-order valence-corrected chi connectivity index (χ1v) is 6.46. The van der Waals surface area contributed by atoms with Crippen molar-refractivity contribution in [3.63, 3.8) is 0 Å². The van der Waals surface area contributed by atoms with Crippen LogP contribution in [0.5, 0.6) is 0 Å². The van der Waals surface area contributed by atoms with E-state index in [1.807, 2.05) is 6.92 Å². The van der Waals surface area contributed by atoms with Crippen LogP contribution in [0.1, 0.15) is 40.0 Å². The lowest BCUT2D eigenvalue weighted by Gasteiger charge is -2.40. The van der Waals surface area contributed by atoms with Crippen LogP contribution >= 0.6 is 0 Å². The minimum atomic E-state index is -0.463. The van der Waals surface area contributed by atoms with Crippen LogP contribution in [-0.2, 0) is 9.47 Å². The number of nitrogens with zero attached hydrogens (tertiary/aromatic N) is 2. The summed E-state index contributed by atoms with van der Waals surface area (Å²) in [5.41, 5.74) is -0.316. The van der Waals surface area contributed by atoms with Gasteiger partial charge in [-0.15, -0.1) is 0 Å². The van der Waals surface area contributed by atoms with Crippen LogP contribution in [0.3, 0.4) is 0 Å². The third-order valence-electron chi connectivity index (χ3n) is 3.66. The second kappa shape index (κ2) is 4.66. The molecule has 2 amide bonds. The van der Waals surface area contributed by atoms with Crippen LogP contribution < -0.4 is 0 Å². The van der Waals surface area contributed by atoms with Crippen molar-refractivity contribution in [1.29, 1.82) is 0 Å². The van der Waals surface area contributed by atoms with Gasteiger partial charge in [0.25, 0.3) is 0 Å². The third kappa shape index (κ3) is 1.89. The van der Waals surface area contributed by atoms with E-state index in [1.165, 1.54) is 10.0 Å². The summed E-state index contributed by atoms with van der Waals surface area (Å²) in [5.74, 6) is 0. The predicted octanol–water partition coefficient (Wildman–Crippen LogP) is 2.14. The summed E-state index contributed by atoms with van der Waals surface area (Å²) in [6, 6.07) is 0.0541. The third-order valence-corrected chi connectivity index (χ3v) is 3.66. The molecule has 2 fully saturated rings. The molecule has 0 N–H and O–H groups in total. The molecular formula is C12H20N2O4. The highest BCUT2D eigenvalue weighted by Crippen LogP contribution is 2.46. The second-order valence-corrected chi connectivity index (χ2v) is 4.95. The normalized spacial score (nSPS) is 29.6. The smallest absolute Gasteiger partial charge is 0.429 e. The highest BCUT2D eigenvalue weighted by atomic mass is 16.6. The fourth-order valence-electron chi connectivity index (χ4n) is 2.93. The van der Waals surface area contributed by atoms with Gasteiger partial charge in [0.2, 0.25) is 0 Å². The quantitative estimate of drug-likeness (QED) is 0.759. The summed E-state index contributed by atoms with van der Waals surface area (Å²) in [7, 11) is 0. The fraction of sp³-hybridized carbons (Fsp3) is 0.833. The Kier molecular flexibility index (Phi) is 3.36. The molecule has 18 heavy (non-hydrogen) atoms. The zero-order chi connectivity index (χ0) is 13.3. The van der Waals surface area contributed by atoms with Crippen molar-refractivity contribution < 1.29 is 19.1 Å². The monoisotopic (exact) mass is 256 g/mol. The van der Waals surface area contributed by atoms with Gasteiger partial charge in [-0.3, -0.25) is 0 Å². The van der Waals surface area contributed by atoms with Crippen LogP contribution in [-0.4, -0.2) is 47.0 Å². The summed E-state index contributed by atoms with van der Waals surface area (Å²) in [4.78, 5) is 24.0.